The lowest BCUT2D eigenvalue weighted by Gasteiger charge is -2.13. The van der Waals surface area contributed by atoms with E-state index in [-0.39, 0.29) is 11.8 Å². The fourth-order valence-corrected chi connectivity index (χ4v) is 2.90. The number of nitrogens with one attached hydrogen (secondary N) is 1. The Morgan fingerprint density at radius 2 is 2.05 bits per heavy atom. The Bertz CT molecular complexity index is 619. The van der Waals surface area contributed by atoms with Gasteiger partial charge in [0.1, 0.15) is 5.76 Å². The molecule has 1 N–H and O–H groups in total. The number of amides is 1. The number of hydrogen-bond acceptors (Lipinski definition) is 3. The second-order valence-corrected chi connectivity index (χ2v) is 5.70. The van der Waals surface area contributed by atoms with Crippen molar-refractivity contribution in [3.05, 3.63) is 47.3 Å². The Labute approximate surface area is 124 Å². The summed E-state index contributed by atoms with van der Waals surface area (Å²) in [7, 11) is 0. The Hall–Kier alpha value is -2.10. The molecule has 0 spiro atoms. The molecule has 1 aromatic heterocycles. The molecule has 4 nitrogen and oxygen atoms in total. The van der Waals surface area contributed by atoms with Crippen LogP contribution in [0.1, 0.15) is 49.1 Å². The summed E-state index contributed by atoms with van der Waals surface area (Å²) in [6, 6.07) is 9.53. The third kappa shape index (κ3) is 3.15. The predicted molar refractivity (Wildman–Crippen MR) is 81.2 cm³/mol. The van der Waals surface area contributed by atoms with Crippen molar-refractivity contribution in [2.24, 2.45) is 0 Å². The average molecular weight is 284 g/mol. The predicted octanol–water partition coefficient (Wildman–Crippen LogP) is 3.69. The van der Waals surface area contributed by atoms with Crippen LogP contribution in [-0.4, -0.2) is 11.1 Å². The monoisotopic (exact) mass is 284 g/mol. The molecular weight excluding hydrogens is 264 g/mol. The molecule has 1 amide bonds. The first-order valence-corrected chi connectivity index (χ1v) is 7.56. The first-order chi connectivity index (χ1) is 10.2. The van der Waals surface area contributed by atoms with Gasteiger partial charge in [0, 0.05) is 30.0 Å². The molecular formula is C17H20N2O2. The van der Waals surface area contributed by atoms with Gasteiger partial charge in [-0.05, 0) is 31.4 Å². The van der Waals surface area contributed by atoms with E-state index in [1.54, 1.807) is 0 Å². The number of benzene rings is 1. The van der Waals surface area contributed by atoms with Crippen molar-refractivity contribution in [3.63, 3.8) is 0 Å². The number of nitrogens with zero attached hydrogens (tertiary/aromatic N) is 1. The van der Waals surface area contributed by atoms with Gasteiger partial charge in [-0.15, -0.1) is 0 Å². The second-order valence-electron chi connectivity index (χ2n) is 5.70. The highest BCUT2D eigenvalue weighted by Crippen LogP contribution is 2.30. The molecule has 1 aliphatic rings. The quantitative estimate of drug-likeness (QED) is 0.931. The molecule has 0 radical (unpaired) electrons. The lowest BCUT2D eigenvalue weighted by Crippen LogP contribution is -2.15. The van der Waals surface area contributed by atoms with Crippen LogP contribution in [0.15, 0.2) is 34.9 Å². The van der Waals surface area contributed by atoms with E-state index in [1.165, 1.54) is 18.4 Å². The number of aryl methyl sites for hydroxylation is 1. The number of carbonyl (C=O) groups excluding carboxylic acids is 1. The Morgan fingerprint density at radius 3 is 2.86 bits per heavy atom. The molecule has 1 atom stereocenters. The van der Waals surface area contributed by atoms with Gasteiger partial charge in [0.15, 0.2) is 0 Å². The van der Waals surface area contributed by atoms with Gasteiger partial charge < -0.3 is 9.84 Å². The molecule has 0 bridgehead atoms. The Kier molecular flexibility index (Phi) is 4.04. The summed E-state index contributed by atoms with van der Waals surface area (Å²) in [6.07, 6.45) is 4.78. The fourth-order valence-electron chi connectivity index (χ4n) is 2.90. The topological polar surface area (TPSA) is 55.1 Å². The van der Waals surface area contributed by atoms with Crippen LogP contribution in [0.5, 0.6) is 0 Å². The third-order valence-corrected chi connectivity index (χ3v) is 4.00. The van der Waals surface area contributed by atoms with Crippen LogP contribution in [-0.2, 0) is 17.6 Å². The van der Waals surface area contributed by atoms with Crippen LogP contribution in [0.4, 0.5) is 5.69 Å². The minimum absolute atomic E-state index is 0.0151. The SMILES string of the molecule is C[C@@H](CC(=O)Nc1ccccc1)c1noc2c1CCCC2. The molecule has 0 fully saturated rings. The van der Waals surface area contributed by atoms with Crippen LogP contribution in [0, 0.1) is 0 Å². The highest BCUT2D eigenvalue weighted by molar-refractivity contribution is 5.91. The Balaban J connectivity index is 1.65. The summed E-state index contributed by atoms with van der Waals surface area (Å²) in [4.78, 5) is 12.1. The lowest BCUT2D eigenvalue weighted by atomic mass is 9.91. The number of fused-ring (bicyclic) bond motifs is 1. The first kappa shape index (κ1) is 13.9. The van der Waals surface area contributed by atoms with Crippen molar-refractivity contribution in [1.82, 2.24) is 5.16 Å². The maximum Gasteiger partial charge on any atom is 0.225 e. The van der Waals surface area contributed by atoms with E-state index >= 15 is 0 Å². The summed E-state index contributed by atoms with van der Waals surface area (Å²) in [5.41, 5.74) is 3.03. The normalized spacial score (nSPS) is 15.3. The maximum absolute atomic E-state index is 12.1. The number of carbonyl (C=O) groups is 1. The summed E-state index contributed by atoms with van der Waals surface area (Å²) in [5, 5.41) is 7.12. The number of anilines is 1. The maximum atomic E-state index is 12.1. The number of hydrogen-bond donors (Lipinski definition) is 1. The van der Waals surface area contributed by atoms with E-state index in [1.807, 2.05) is 37.3 Å². The first-order valence-electron chi connectivity index (χ1n) is 7.56. The molecule has 2 aromatic rings. The molecule has 1 heterocycles. The van der Waals surface area contributed by atoms with Crippen LogP contribution in [0.3, 0.4) is 0 Å². The van der Waals surface area contributed by atoms with Gasteiger partial charge in [-0.2, -0.15) is 0 Å². The Morgan fingerprint density at radius 1 is 1.29 bits per heavy atom. The zero-order valence-electron chi connectivity index (χ0n) is 12.3. The molecule has 0 saturated heterocycles. The third-order valence-electron chi connectivity index (χ3n) is 4.00. The van der Waals surface area contributed by atoms with Crippen molar-refractivity contribution in [2.75, 3.05) is 5.32 Å². The molecule has 110 valence electrons. The molecule has 0 unspecified atom stereocenters. The van der Waals surface area contributed by atoms with Gasteiger partial charge in [-0.25, -0.2) is 0 Å². The van der Waals surface area contributed by atoms with Gasteiger partial charge in [-0.3, -0.25) is 4.79 Å². The summed E-state index contributed by atoms with van der Waals surface area (Å²) in [6.45, 7) is 2.04. The minimum atomic E-state index is 0.0151. The molecule has 21 heavy (non-hydrogen) atoms. The van der Waals surface area contributed by atoms with E-state index in [9.17, 15) is 4.79 Å². The van der Waals surface area contributed by atoms with E-state index in [2.05, 4.69) is 10.5 Å². The lowest BCUT2D eigenvalue weighted by molar-refractivity contribution is -0.116. The average Bonchev–Trinajstić information content (AvgIpc) is 2.92. The van der Waals surface area contributed by atoms with Gasteiger partial charge in [0.05, 0.1) is 5.69 Å². The van der Waals surface area contributed by atoms with Gasteiger partial charge in [-0.1, -0.05) is 30.3 Å². The standard InChI is InChI=1S/C17H20N2O2/c1-12(11-16(20)18-13-7-3-2-4-8-13)17-14-9-5-6-10-15(14)21-19-17/h2-4,7-8,12H,5-6,9-11H2,1H3,(H,18,20)/t12-/m0/s1. The molecule has 4 heteroatoms. The molecule has 1 aliphatic carbocycles. The van der Waals surface area contributed by atoms with E-state index < -0.39 is 0 Å². The largest absolute Gasteiger partial charge is 0.361 e. The van der Waals surface area contributed by atoms with Crippen molar-refractivity contribution >= 4 is 11.6 Å². The fraction of sp³-hybridized carbons (Fsp3) is 0.412. The van der Waals surface area contributed by atoms with Gasteiger partial charge >= 0.3 is 0 Å². The molecule has 1 aromatic carbocycles. The van der Waals surface area contributed by atoms with Crippen molar-refractivity contribution in [3.8, 4) is 0 Å². The van der Waals surface area contributed by atoms with E-state index in [0.717, 1.165) is 30.0 Å². The highest BCUT2D eigenvalue weighted by atomic mass is 16.5. The number of rotatable bonds is 4. The summed E-state index contributed by atoms with van der Waals surface area (Å²) < 4.78 is 5.43. The van der Waals surface area contributed by atoms with Crippen LogP contribution < -0.4 is 5.32 Å². The van der Waals surface area contributed by atoms with Crippen molar-refractivity contribution in [1.29, 1.82) is 0 Å². The molecule has 0 saturated carbocycles. The summed E-state index contributed by atoms with van der Waals surface area (Å²) in [5.74, 6) is 1.12. The summed E-state index contributed by atoms with van der Waals surface area (Å²) >= 11 is 0. The number of aromatic nitrogens is 1. The zero-order valence-corrected chi connectivity index (χ0v) is 12.3. The van der Waals surface area contributed by atoms with Crippen LogP contribution >= 0.6 is 0 Å². The van der Waals surface area contributed by atoms with Crippen molar-refractivity contribution in [2.45, 2.75) is 44.9 Å². The smallest absolute Gasteiger partial charge is 0.225 e. The van der Waals surface area contributed by atoms with Crippen molar-refractivity contribution < 1.29 is 9.32 Å². The second kappa shape index (κ2) is 6.12. The van der Waals surface area contributed by atoms with Crippen LogP contribution in [0.2, 0.25) is 0 Å². The molecule has 3 rings (SSSR count). The van der Waals surface area contributed by atoms with E-state index in [4.69, 9.17) is 4.52 Å². The molecule has 0 aliphatic heterocycles. The van der Waals surface area contributed by atoms with Gasteiger partial charge in [0.2, 0.25) is 5.91 Å². The van der Waals surface area contributed by atoms with E-state index in [0.29, 0.717) is 6.42 Å². The number of para-hydroxylation sites is 1. The highest BCUT2D eigenvalue weighted by Gasteiger charge is 2.24. The van der Waals surface area contributed by atoms with Gasteiger partial charge in [0.25, 0.3) is 0 Å². The minimum Gasteiger partial charge on any atom is -0.361 e. The zero-order chi connectivity index (χ0) is 14.7. The van der Waals surface area contributed by atoms with Crippen LogP contribution in [0.25, 0.3) is 0 Å².